The van der Waals surface area contributed by atoms with E-state index in [1.165, 1.54) is 0 Å². The number of nitrogens with zero attached hydrogens (tertiary/aromatic N) is 3. The molecule has 0 aliphatic heterocycles. The van der Waals surface area contributed by atoms with Crippen molar-refractivity contribution in [3.63, 3.8) is 0 Å². The smallest absolute Gasteiger partial charge is 0.148 e. The molecule has 2 aromatic rings. The molecule has 0 spiro atoms. The van der Waals surface area contributed by atoms with Crippen molar-refractivity contribution >= 4 is 6.21 Å². The van der Waals surface area contributed by atoms with Gasteiger partial charge in [-0.25, -0.2) is 4.58 Å². The van der Waals surface area contributed by atoms with Crippen LogP contribution in [-0.2, 0) is 12.8 Å². The largest absolute Gasteiger partial charge is 0.261 e. The van der Waals surface area contributed by atoms with E-state index in [2.05, 4.69) is 39.8 Å². The predicted molar refractivity (Wildman–Crippen MR) is 77.6 cm³/mol. The molecule has 0 aliphatic rings. The third-order valence-corrected chi connectivity index (χ3v) is 3.07. The summed E-state index contributed by atoms with van der Waals surface area (Å²) in [4.78, 5) is 8.68. The Bertz CT molecular complexity index is 506. The highest BCUT2D eigenvalue weighted by Crippen LogP contribution is 1.96. The van der Waals surface area contributed by atoms with E-state index in [1.807, 2.05) is 36.7 Å². The van der Waals surface area contributed by atoms with Gasteiger partial charge in [0.1, 0.15) is 19.3 Å². The van der Waals surface area contributed by atoms with Crippen LogP contribution in [0.3, 0.4) is 0 Å². The van der Waals surface area contributed by atoms with Crippen molar-refractivity contribution in [2.24, 2.45) is 0 Å². The van der Waals surface area contributed by atoms with E-state index in [4.69, 9.17) is 0 Å². The number of hydrogen-bond donors (Lipinski definition) is 0. The first-order valence-electron chi connectivity index (χ1n) is 6.75. The Labute approximate surface area is 114 Å². The van der Waals surface area contributed by atoms with Gasteiger partial charge in [-0.05, 0) is 31.2 Å². The molecule has 0 N–H and O–H groups in total. The zero-order chi connectivity index (χ0) is 13.3. The molecule has 0 unspecified atom stereocenters. The zero-order valence-electron chi connectivity index (χ0n) is 11.4. The fourth-order valence-corrected chi connectivity index (χ4v) is 1.92. The summed E-state index contributed by atoms with van der Waals surface area (Å²) in [5, 5.41) is 0. The molecule has 0 saturated carbocycles. The average Bonchev–Trinajstić information content (AvgIpc) is 2.49. The molecule has 2 aromatic heterocycles. The van der Waals surface area contributed by atoms with Crippen LogP contribution in [0.2, 0.25) is 0 Å². The van der Waals surface area contributed by atoms with Crippen molar-refractivity contribution in [1.29, 1.82) is 0 Å². The Morgan fingerprint density at radius 3 is 2.26 bits per heavy atom. The van der Waals surface area contributed by atoms with Gasteiger partial charge in [0.25, 0.3) is 0 Å². The lowest BCUT2D eigenvalue weighted by Crippen LogP contribution is -2.17. The lowest BCUT2D eigenvalue weighted by molar-refractivity contribution is -0.520. The van der Waals surface area contributed by atoms with Gasteiger partial charge in [0.15, 0.2) is 0 Å². The first-order valence-corrected chi connectivity index (χ1v) is 6.75. The van der Waals surface area contributed by atoms with Crippen molar-refractivity contribution in [2.75, 3.05) is 13.1 Å². The van der Waals surface area contributed by atoms with E-state index in [-0.39, 0.29) is 0 Å². The molecule has 98 valence electrons. The minimum absolute atomic E-state index is 0.886. The van der Waals surface area contributed by atoms with Gasteiger partial charge in [-0.2, -0.15) is 0 Å². The topological polar surface area (TPSA) is 28.8 Å². The van der Waals surface area contributed by atoms with Crippen LogP contribution in [0.5, 0.6) is 0 Å². The number of aromatic nitrogens is 2. The minimum Gasteiger partial charge on any atom is -0.261 e. The van der Waals surface area contributed by atoms with Crippen LogP contribution in [0.25, 0.3) is 0 Å². The van der Waals surface area contributed by atoms with Gasteiger partial charge in [0.05, 0.1) is 12.1 Å². The summed E-state index contributed by atoms with van der Waals surface area (Å²) in [5.41, 5.74) is 2.26. The van der Waals surface area contributed by atoms with E-state index in [1.54, 1.807) is 0 Å². The maximum atomic E-state index is 4.35. The second-order valence-electron chi connectivity index (χ2n) is 4.41. The highest BCUT2D eigenvalue weighted by Gasteiger charge is 2.03. The molecular weight excluding hydrogens is 234 g/mol. The summed E-state index contributed by atoms with van der Waals surface area (Å²) in [5.74, 6) is 0. The van der Waals surface area contributed by atoms with Gasteiger partial charge in [-0.3, -0.25) is 9.97 Å². The molecule has 0 bridgehead atoms. The zero-order valence-corrected chi connectivity index (χ0v) is 11.4. The Morgan fingerprint density at radius 2 is 1.68 bits per heavy atom. The van der Waals surface area contributed by atoms with Crippen molar-refractivity contribution < 1.29 is 4.58 Å². The maximum absolute atomic E-state index is 4.35. The highest BCUT2D eigenvalue weighted by molar-refractivity contribution is 5.55. The molecule has 19 heavy (non-hydrogen) atoms. The van der Waals surface area contributed by atoms with E-state index in [0.29, 0.717) is 0 Å². The van der Waals surface area contributed by atoms with E-state index < -0.39 is 0 Å². The van der Waals surface area contributed by atoms with Crippen LogP contribution in [0, 0.1) is 0 Å². The Kier molecular flexibility index (Phi) is 5.23. The highest BCUT2D eigenvalue weighted by atomic mass is 15.0. The summed E-state index contributed by atoms with van der Waals surface area (Å²) >= 11 is 0. The normalized spacial score (nSPS) is 11.5. The Balaban J connectivity index is 1.89. The molecule has 0 amide bonds. The molecule has 0 fully saturated rings. The van der Waals surface area contributed by atoms with Gasteiger partial charge in [-0.15, -0.1) is 0 Å². The monoisotopic (exact) mass is 254 g/mol. The number of rotatable bonds is 6. The standard InChI is InChI=1S/C16H20N3/c1-2-19(13-9-15-7-3-5-11-17-15)14-10-16-8-4-6-12-18-16/h3-8,11-13H,2,9-10,14H2,1H3/q+1. The third-order valence-electron chi connectivity index (χ3n) is 3.07. The lowest BCUT2D eigenvalue weighted by atomic mass is 10.2. The fourth-order valence-electron chi connectivity index (χ4n) is 1.92. The van der Waals surface area contributed by atoms with Gasteiger partial charge in [-0.1, -0.05) is 12.1 Å². The predicted octanol–water partition coefficient (Wildman–Crippen LogP) is 2.37. The van der Waals surface area contributed by atoms with Crippen molar-refractivity contribution in [3.05, 3.63) is 60.2 Å². The summed E-state index contributed by atoms with van der Waals surface area (Å²) in [6.07, 6.45) is 7.78. The fraction of sp³-hybridized carbons (Fsp3) is 0.312. The van der Waals surface area contributed by atoms with Gasteiger partial charge < -0.3 is 0 Å². The SMILES string of the molecule is CC[N+](=CCc1ccccn1)CCc1ccccn1. The number of hydrogen-bond acceptors (Lipinski definition) is 2. The van der Waals surface area contributed by atoms with Crippen molar-refractivity contribution in [2.45, 2.75) is 19.8 Å². The maximum Gasteiger partial charge on any atom is 0.148 e. The first-order chi connectivity index (χ1) is 9.38. The van der Waals surface area contributed by atoms with E-state index in [0.717, 1.165) is 37.3 Å². The molecule has 0 saturated heterocycles. The van der Waals surface area contributed by atoms with Crippen LogP contribution < -0.4 is 0 Å². The summed E-state index contributed by atoms with van der Waals surface area (Å²) in [6.45, 7) is 4.19. The van der Waals surface area contributed by atoms with Gasteiger partial charge in [0, 0.05) is 24.5 Å². The molecule has 2 rings (SSSR count). The molecule has 3 heteroatoms. The van der Waals surface area contributed by atoms with Crippen LogP contribution in [0.1, 0.15) is 18.3 Å². The molecule has 0 aromatic carbocycles. The van der Waals surface area contributed by atoms with E-state index in [9.17, 15) is 0 Å². The quantitative estimate of drug-likeness (QED) is 0.585. The molecule has 0 aliphatic carbocycles. The Hall–Kier alpha value is -2.03. The summed E-state index contributed by atoms with van der Waals surface area (Å²) in [6, 6.07) is 12.1. The van der Waals surface area contributed by atoms with Gasteiger partial charge in [0.2, 0.25) is 0 Å². The van der Waals surface area contributed by atoms with Crippen molar-refractivity contribution in [1.82, 2.24) is 9.97 Å². The van der Waals surface area contributed by atoms with Crippen LogP contribution in [0.15, 0.2) is 48.8 Å². The Morgan fingerprint density at radius 1 is 1.00 bits per heavy atom. The molecular formula is C16H20N3+. The van der Waals surface area contributed by atoms with Crippen LogP contribution in [-0.4, -0.2) is 33.8 Å². The van der Waals surface area contributed by atoms with Crippen LogP contribution >= 0.6 is 0 Å². The van der Waals surface area contributed by atoms with Crippen molar-refractivity contribution in [3.8, 4) is 0 Å². The lowest BCUT2D eigenvalue weighted by Gasteiger charge is -2.01. The van der Waals surface area contributed by atoms with Gasteiger partial charge >= 0.3 is 0 Å². The third kappa shape index (κ3) is 4.62. The molecule has 2 heterocycles. The average molecular weight is 254 g/mol. The first kappa shape index (κ1) is 13.4. The molecule has 0 atom stereocenters. The summed E-state index contributed by atoms with van der Waals surface area (Å²) in [7, 11) is 0. The molecule has 0 radical (unpaired) electrons. The second-order valence-corrected chi connectivity index (χ2v) is 4.41. The van der Waals surface area contributed by atoms with E-state index >= 15 is 0 Å². The molecule has 3 nitrogen and oxygen atoms in total. The number of likely N-dealkylation sites (N-methyl/N-ethyl adjacent to an activating group) is 1. The summed E-state index contributed by atoms with van der Waals surface area (Å²) < 4.78 is 2.32. The minimum atomic E-state index is 0.886. The second kappa shape index (κ2) is 7.41. The number of pyridine rings is 2. The van der Waals surface area contributed by atoms with Crippen LogP contribution in [0.4, 0.5) is 0 Å².